The topological polar surface area (TPSA) is 130 Å². The molecule has 0 unspecified atom stereocenters. The second-order valence-corrected chi connectivity index (χ2v) is 8.07. The van der Waals surface area contributed by atoms with Gasteiger partial charge in [0, 0.05) is 6.20 Å². The zero-order valence-electron chi connectivity index (χ0n) is 13.7. The summed E-state index contributed by atoms with van der Waals surface area (Å²) in [6, 6.07) is 7.36. The minimum Gasteiger partial charge on any atom is -0.484 e. The number of carbonyl (C=O) groups is 2. The van der Waals surface area contributed by atoms with Crippen molar-refractivity contribution in [1.82, 2.24) is 20.8 Å². The SMILES string of the molecule is O=C(COc1ccccc1)N[C@@H]1CS(=O)(=O)C[C@H]1NC(=O)c1cn[nH]c1. The van der Waals surface area contributed by atoms with Crippen molar-refractivity contribution in [2.75, 3.05) is 18.1 Å². The third-order valence-corrected chi connectivity index (χ3v) is 5.62. The average molecular weight is 378 g/mol. The first-order valence-electron chi connectivity index (χ1n) is 7.90. The number of benzene rings is 1. The highest BCUT2D eigenvalue weighted by molar-refractivity contribution is 7.91. The van der Waals surface area contributed by atoms with E-state index >= 15 is 0 Å². The molecule has 1 aromatic carbocycles. The van der Waals surface area contributed by atoms with Gasteiger partial charge in [-0.3, -0.25) is 14.7 Å². The van der Waals surface area contributed by atoms with Crippen LogP contribution in [0.15, 0.2) is 42.7 Å². The van der Waals surface area contributed by atoms with Gasteiger partial charge in [-0.05, 0) is 12.1 Å². The van der Waals surface area contributed by atoms with E-state index in [1.807, 2.05) is 6.07 Å². The van der Waals surface area contributed by atoms with Gasteiger partial charge in [0.2, 0.25) is 0 Å². The molecule has 0 aliphatic carbocycles. The second-order valence-electron chi connectivity index (χ2n) is 5.92. The van der Waals surface area contributed by atoms with Crippen molar-refractivity contribution < 1.29 is 22.7 Å². The van der Waals surface area contributed by atoms with E-state index in [1.54, 1.807) is 24.3 Å². The molecule has 3 N–H and O–H groups in total. The number of hydrogen-bond acceptors (Lipinski definition) is 6. The molecule has 2 heterocycles. The van der Waals surface area contributed by atoms with E-state index in [9.17, 15) is 18.0 Å². The van der Waals surface area contributed by atoms with Crippen LogP contribution in [0.3, 0.4) is 0 Å². The van der Waals surface area contributed by atoms with E-state index in [1.165, 1.54) is 12.4 Å². The van der Waals surface area contributed by atoms with Crippen LogP contribution in [0, 0.1) is 0 Å². The van der Waals surface area contributed by atoms with Crippen molar-refractivity contribution in [2.24, 2.45) is 0 Å². The number of aromatic nitrogens is 2. The number of amides is 2. The minimum absolute atomic E-state index is 0.235. The van der Waals surface area contributed by atoms with Crippen LogP contribution in [0.4, 0.5) is 0 Å². The lowest BCUT2D eigenvalue weighted by Crippen LogP contribution is -2.51. The Hall–Kier alpha value is -2.88. The molecule has 2 aromatic rings. The fraction of sp³-hybridized carbons (Fsp3) is 0.312. The standard InChI is InChI=1S/C16H18N4O5S/c21-15(8-25-12-4-2-1-3-5-12)19-13-9-26(23,24)10-14(13)20-16(22)11-6-17-18-7-11/h1-7,13-14H,8-10H2,(H,17,18)(H,19,21)(H,20,22)/t13-,14-/m1/s1. The van der Waals surface area contributed by atoms with Gasteiger partial charge in [-0.2, -0.15) is 5.10 Å². The molecule has 0 saturated carbocycles. The normalized spacial score (nSPS) is 21.1. The van der Waals surface area contributed by atoms with E-state index in [0.717, 1.165) is 0 Å². The van der Waals surface area contributed by atoms with E-state index in [2.05, 4.69) is 20.8 Å². The summed E-state index contributed by atoms with van der Waals surface area (Å²) in [4.78, 5) is 24.2. The van der Waals surface area contributed by atoms with Crippen molar-refractivity contribution in [3.63, 3.8) is 0 Å². The van der Waals surface area contributed by atoms with Gasteiger partial charge in [0.25, 0.3) is 11.8 Å². The van der Waals surface area contributed by atoms with Crippen LogP contribution < -0.4 is 15.4 Å². The van der Waals surface area contributed by atoms with Crippen LogP contribution in [0.2, 0.25) is 0 Å². The molecule has 3 rings (SSSR count). The van der Waals surface area contributed by atoms with Gasteiger partial charge in [-0.1, -0.05) is 18.2 Å². The van der Waals surface area contributed by atoms with Crippen molar-refractivity contribution >= 4 is 21.7 Å². The summed E-state index contributed by atoms with van der Waals surface area (Å²) in [6.07, 6.45) is 2.74. The van der Waals surface area contributed by atoms with Gasteiger partial charge in [0.1, 0.15) is 5.75 Å². The Morgan fingerprint density at radius 1 is 1.15 bits per heavy atom. The molecule has 1 saturated heterocycles. The molecule has 2 atom stereocenters. The van der Waals surface area contributed by atoms with Gasteiger partial charge < -0.3 is 15.4 Å². The zero-order chi connectivity index (χ0) is 18.6. The number of sulfone groups is 1. The number of para-hydroxylation sites is 1. The summed E-state index contributed by atoms with van der Waals surface area (Å²) >= 11 is 0. The first kappa shape index (κ1) is 17.9. The number of ether oxygens (including phenoxy) is 1. The molecule has 10 heteroatoms. The molecule has 1 fully saturated rings. The molecule has 9 nitrogen and oxygen atoms in total. The summed E-state index contributed by atoms with van der Waals surface area (Å²) < 4.78 is 29.2. The molecule has 26 heavy (non-hydrogen) atoms. The quantitative estimate of drug-likeness (QED) is 0.621. The molecule has 0 radical (unpaired) electrons. The maximum Gasteiger partial charge on any atom is 0.258 e. The summed E-state index contributed by atoms with van der Waals surface area (Å²) in [5.74, 6) is -0.854. The summed E-state index contributed by atoms with van der Waals surface area (Å²) in [6.45, 7) is -0.247. The highest BCUT2D eigenvalue weighted by Crippen LogP contribution is 2.14. The lowest BCUT2D eigenvalue weighted by Gasteiger charge is -2.20. The van der Waals surface area contributed by atoms with Crippen molar-refractivity contribution in [3.05, 3.63) is 48.3 Å². The fourth-order valence-electron chi connectivity index (χ4n) is 2.67. The Bertz CT molecular complexity index is 867. The molecule has 1 aliphatic rings. The Balaban J connectivity index is 1.59. The number of nitrogens with one attached hydrogen (secondary N) is 3. The number of H-pyrrole nitrogens is 1. The van der Waals surface area contributed by atoms with Gasteiger partial charge in [-0.15, -0.1) is 0 Å². The summed E-state index contributed by atoms with van der Waals surface area (Å²) in [7, 11) is -3.37. The number of nitrogens with zero attached hydrogens (tertiary/aromatic N) is 1. The van der Waals surface area contributed by atoms with Gasteiger partial charge in [0.05, 0.1) is 35.3 Å². The third-order valence-electron chi connectivity index (χ3n) is 3.89. The Morgan fingerprint density at radius 2 is 1.85 bits per heavy atom. The van der Waals surface area contributed by atoms with Crippen LogP contribution in [0.1, 0.15) is 10.4 Å². The van der Waals surface area contributed by atoms with Crippen molar-refractivity contribution in [1.29, 1.82) is 0 Å². The molecule has 1 aromatic heterocycles. The van der Waals surface area contributed by atoms with Crippen LogP contribution in [0.5, 0.6) is 5.75 Å². The maximum atomic E-state index is 12.1. The zero-order valence-corrected chi connectivity index (χ0v) is 14.5. The van der Waals surface area contributed by atoms with Crippen molar-refractivity contribution in [3.8, 4) is 5.75 Å². The number of carbonyl (C=O) groups excluding carboxylic acids is 2. The first-order chi connectivity index (χ1) is 12.4. The van der Waals surface area contributed by atoms with Crippen LogP contribution in [0.25, 0.3) is 0 Å². The highest BCUT2D eigenvalue weighted by Gasteiger charge is 2.39. The predicted octanol–water partition coefficient (Wildman–Crippen LogP) is -0.500. The Morgan fingerprint density at radius 3 is 2.50 bits per heavy atom. The molecule has 138 valence electrons. The fourth-order valence-corrected chi connectivity index (χ4v) is 4.53. The molecular weight excluding hydrogens is 360 g/mol. The lowest BCUT2D eigenvalue weighted by atomic mass is 10.1. The van der Waals surface area contributed by atoms with Crippen molar-refractivity contribution in [2.45, 2.75) is 12.1 Å². The summed E-state index contributed by atoms with van der Waals surface area (Å²) in [5, 5.41) is 11.4. The van der Waals surface area contributed by atoms with E-state index in [0.29, 0.717) is 5.75 Å². The Labute approximate surface area is 150 Å². The average Bonchev–Trinajstić information content (AvgIpc) is 3.22. The molecule has 0 bridgehead atoms. The van der Waals surface area contributed by atoms with Crippen LogP contribution in [-0.4, -0.2) is 60.6 Å². The number of aromatic amines is 1. The van der Waals surface area contributed by atoms with Gasteiger partial charge in [-0.25, -0.2) is 8.42 Å². The monoisotopic (exact) mass is 378 g/mol. The third kappa shape index (κ3) is 4.60. The lowest BCUT2D eigenvalue weighted by molar-refractivity contribution is -0.123. The Kier molecular flexibility index (Phi) is 5.21. The van der Waals surface area contributed by atoms with E-state index in [4.69, 9.17) is 4.74 Å². The minimum atomic E-state index is -3.37. The van der Waals surface area contributed by atoms with Gasteiger partial charge >= 0.3 is 0 Å². The number of hydrogen-bond donors (Lipinski definition) is 3. The first-order valence-corrected chi connectivity index (χ1v) is 9.72. The molecule has 2 amide bonds. The van der Waals surface area contributed by atoms with E-state index < -0.39 is 33.7 Å². The molecule has 1 aliphatic heterocycles. The largest absolute Gasteiger partial charge is 0.484 e. The second kappa shape index (κ2) is 7.56. The molecular formula is C16H18N4O5S. The number of rotatable bonds is 6. The molecule has 0 spiro atoms. The predicted molar refractivity (Wildman–Crippen MR) is 92.4 cm³/mol. The van der Waals surface area contributed by atoms with E-state index in [-0.39, 0.29) is 23.7 Å². The van der Waals surface area contributed by atoms with Crippen LogP contribution in [-0.2, 0) is 14.6 Å². The summed E-state index contributed by atoms with van der Waals surface area (Å²) in [5.41, 5.74) is 0.284. The van der Waals surface area contributed by atoms with Crippen LogP contribution >= 0.6 is 0 Å². The van der Waals surface area contributed by atoms with Gasteiger partial charge in [0.15, 0.2) is 16.4 Å². The highest BCUT2D eigenvalue weighted by atomic mass is 32.2. The smallest absolute Gasteiger partial charge is 0.258 e. The maximum absolute atomic E-state index is 12.1.